The van der Waals surface area contributed by atoms with Crippen molar-refractivity contribution in [3.8, 4) is 0 Å². The number of oxime groups is 1. The summed E-state index contributed by atoms with van der Waals surface area (Å²) >= 11 is 0. The molecule has 0 saturated heterocycles. The highest BCUT2D eigenvalue weighted by Crippen LogP contribution is 2.49. The van der Waals surface area contributed by atoms with Crippen LogP contribution in [-0.4, -0.2) is 36.0 Å². The molecule has 128 valence electrons. The first kappa shape index (κ1) is 16.3. The molecule has 0 aromatic heterocycles. The minimum Gasteiger partial charge on any atom is -0.464 e. The molecule has 24 heavy (non-hydrogen) atoms. The number of nitrogens with one attached hydrogen (secondary N) is 2. The zero-order valence-corrected chi connectivity index (χ0v) is 13.7. The molecule has 0 spiro atoms. The van der Waals surface area contributed by atoms with Gasteiger partial charge in [0.15, 0.2) is 0 Å². The van der Waals surface area contributed by atoms with Crippen molar-refractivity contribution < 1.29 is 19.2 Å². The van der Waals surface area contributed by atoms with Gasteiger partial charge in [-0.15, -0.1) is 0 Å². The lowest BCUT2D eigenvalue weighted by atomic mass is 10.1. The Morgan fingerprint density at radius 2 is 2.12 bits per heavy atom. The minimum absolute atomic E-state index is 0.140. The molecule has 2 aliphatic rings. The number of anilines is 1. The second kappa shape index (κ2) is 6.51. The Labute approximate surface area is 140 Å². The summed E-state index contributed by atoms with van der Waals surface area (Å²) in [6.45, 7) is 3.88. The largest absolute Gasteiger partial charge is 0.464 e. The van der Waals surface area contributed by atoms with Crippen molar-refractivity contribution in [1.29, 1.82) is 0 Å². The fourth-order valence-electron chi connectivity index (χ4n) is 3.05. The van der Waals surface area contributed by atoms with Crippen molar-refractivity contribution in [3.63, 3.8) is 0 Å². The van der Waals surface area contributed by atoms with E-state index < -0.39 is 17.5 Å². The number of urea groups is 1. The number of esters is 1. The van der Waals surface area contributed by atoms with Gasteiger partial charge >= 0.3 is 12.0 Å². The van der Waals surface area contributed by atoms with Crippen LogP contribution in [0.25, 0.3) is 0 Å². The average Bonchev–Trinajstić information content (AvgIpc) is 3.12. The minimum atomic E-state index is -1.04. The van der Waals surface area contributed by atoms with E-state index in [2.05, 4.69) is 15.8 Å². The topological polar surface area (TPSA) is 89.0 Å². The Hall–Kier alpha value is -2.57. The Balaban J connectivity index is 1.68. The summed E-state index contributed by atoms with van der Waals surface area (Å²) in [7, 11) is 0. The third kappa shape index (κ3) is 3.20. The highest BCUT2D eigenvalue weighted by atomic mass is 16.6. The second-order valence-corrected chi connectivity index (χ2v) is 6.12. The third-order valence-corrected chi connectivity index (χ3v) is 4.31. The number of amides is 2. The maximum atomic E-state index is 12.4. The van der Waals surface area contributed by atoms with Gasteiger partial charge in [-0.05, 0) is 32.4 Å². The molecule has 1 aromatic carbocycles. The van der Waals surface area contributed by atoms with E-state index >= 15 is 0 Å². The van der Waals surface area contributed by atoms with Crippen molar-refractivity contribution in [3.05, 3.63) is 30.3 Å². The Kier molecular flexibility index (Phi) is 4.42. The SMILES string of the molecule is CCOC(=O)[C@@]1(NC(=O)Nc2ccccc2)C[C@H]1[C@@H]1CC(C)=NO1. The summed E-state index contributed by atoms with van der Waals surface area (Å²) in [6.07, 6.45) is 0.946. The van der Waals surface area contributed by atoms with Crippen LogP contribution in [0.5, 0.6) is 0 Å². The van der Waals surface area contributed by atoms with Gasteiger partial charge in [0, 0.05) is 18.0 Å². The number of carbonyl (C=O) groups is 2. The Morgan fingerprint density at radius 3 is 2.75 bits per heavy atom. The van der Waals surface area contributed by atoms with Crippen LogP contribution in [-0.2, 0) is 14.4 Å². The van der Waals surface area contributed by atoms with Crippen LogP contribution in [0.15, 0.2) is 35.5 Å². The van der Waals surface area contributed by atoms with Gasteiger partial charge in [0.25, 0.3) is 0 Å². The van der Waals surface area contributed by atoms with Crippen molar-refractivity contribution in [1.82, 2.24) is 5.32 Å². The number of para-hydroxylation sites is 1. The molecular formula is C17H21N3O4. The molecule has 1 aromatic rings. The molecule has 0 unspecified atom stereocenters. The van der Waals surface area contributed by atoms with E-state index in [-0.39, 0.29) is 18.6 Å². The van der Waals surface area contributed by atoms with Crippen molar-refractivity contribution in [2.24, 2.45) is 11.1 Å². The molecule has 1 heterocycles. The van der Waals surface area contributed by atoms with Gasteiger partial charge in [-0.3, -0.25) is 0 Å². The average molecular weight is 331 g/mol. The second-order valence-electron chi connectivity index (χ2n) is 6.12. The van der Waals surface area contributed by atoms with Crippen LogP contribution in [0.1, 0.15) is 26.7 Å². The Morgan fingerprint density at radius 1 is 1.38 bits per heavy atom. The van der Waals surface area contributed by atoms with Crippen molar-refractivity contribution >= 4 is 23.4 Å². The molecule has 3 rings (SSSR count). The normalized spacial score (nSPS) is 27.7. The lowest BCUT2D eigenvalue weighted by Gasteiger charge is -2.20. The fourth-order valence-corrected chi connectivity index (χ4v) is 3.05. The summed E-state index contributed by atoms with van der Waals surface area (Å²) in [4.78, 5) is 30.1. The predicted molar refractivity (Wildman–Crippen MR) is 88.7 cm³/mol. The molecule has 7 heteroatoms. The summed E-state index contributed by atoms with van der Waals surface area (Å²) < 4.78 is 5.16. The molecule has 2 amide bonds. The number of hydrogen-bond donors (Lipinski definition) is 2. The van der Waals surface area contributed by atoms with Gasteiger partial charge in [0.1, 0.15) is 11.6 Å². The number of nitrogens with zero attached hydrogens (tertiary/aromatic N) is 1. The number of rotatable bonds is 5. The monoisotopic (exact) mass is 331 g/mol. The lowest BCUT2D eigenvalue weighted by molar-refractivity contribution is -0.147. The van der Waals surface area contributed by atoms with Gasteiger partial charge in [0.2, 0.25) is 0 Å². The van der Waals surface area contributed by atoms with E-state index in [0.717, 1.165) is 5.71 Å². The molecule has 7 nitrogen and oxygen atoms in total. The zero-order valence-electron chi connectivity index (χ0n) is 13.7. The first-order chi connectivity index (χ1) is 11.5. The fraction of sp³-hybridized carbons (Fsp3) is 0.471. The first-order valence-corrected chi connectivity index (χ1v) is 8.06. The highest BCUT2D eigenvalue weighted by molar-refractivity contribution is 5.96. The van der Waals surface area contributed by atoms with E-state index in [1.54, 1.807) is 19.1 Å². The predicted octanol–water partition coefficient (Wildman–Crippen LogP) is 2.29. The third-order valence-electron chi connectivity index (χ3n) is 4.31. The quantitative estimate of drug-likeness (QED) is 0.810. The molecule has 3 atom stereocenters. The van der Waals surface area contributed by atoms with Gasteiger partial charge in [-0.2, -0.15) is 0 Å². The Bertz CT molecular complexity index is 661. The van der Waals surface area contributed by atoms with Crippen LogP contribution >= 0.6 is 0 Å². The maximum absolute atomic E-state index is 12.4. The van der Waals surface area contributed by atoms with Crippen molar-refractivity contribution in [2.75, 3.05) is 11.9 Å². The number of carbonyl (C=O) groups excluding carboxylic acids is 2. The van der Waals surface area contributed by atoms with Gasteiger partial charge in [-0.25, -0.2) is 9.59 Å². The van der Waals surface area contributed by atoms with Crippen LogP contribution in [0.3, 0.4) is 0 Å². The van der Waals surface area contributed by atoms with E-state index in [9.17, 15) is 9.59 Å². The molecule has 0 bridgehead atoms. The van der Waals surface area contributed by atoms with Crippen LogP contribution in [0.4, 0.5) is 10.5 Å². The van der Waals surface area contributed by atoms with E-state index in [1.165, 1.54) is 0 Å². The van der Waals surface area contributed by atoms with Crippen LogP contribution in [0.2, 0.25) is 0 Å². The molecular weight excluding hydrogens is 310 g/mol. The van der Waals surface area contributed by atoms with E-state index in [1.807, 2.05) is 25.1 Å². The number of benzene rings is 1. The van der Waals surface area contributed by atoms with Crippen LogP contribution in [0, 0.1) is 5.92 Å². The summed E-state index contributed by atoms with van der Waals surface area (Å²) in [6, 6.07) is 8.62. The molecule has 1 fully saturated rings. The first-order valence-electron chi connectivity index (χ1n) is 8.06. The molecule has 1 aliphatic heterocycles. The number of hydrogen-bond acceptors (Lipinski definition) is 5. The summed E-state index contributed by atoms with van der Waals surface area (Å²) in [5, 5.41) is 9.45. The lowest BCUT2D eigenvalue weighted by Crippen LogP contribution is -2.49. The van der Waals surface area contributed by atoms with Gasteiger partial charge in [0.05, 0.1) is 12.3 Å². The highest BCUT2D eigenvalue weighted by Gasteiger charge is 2.66. The van der Waals surface area contributed by atoms with Gasteiger partial charge in [-0.1, -0.05) is 23.4 Å². The molecule has 1 aliphatic carbocycles. The van der Waals surface area contributed by atoms with Crippen molar-refractivity contribution in [2.45, 2.75) is 38.3 Å². The standard InChI is InChI=1S/C17H21N3O4/c1-3-23-15(21)17(10-13(17)14-9-11(2)20-24-14)19-16(22)18-12-7-5-4-6-8-12/h4-8,13-14H,3,9-10H2,1-2H3,(H2,18,19,22)/t13-,14-,17+/m0/s1. The summed E-state index contributed by atoms with van der Waals surface area (Å²) in [5.41, 5.74) is 0.501. The zero-order chi connectivity index (χ0) is 17.2. The van der Waals surface area contributed by atoms with E-state index in [4.69, 9.17) is 9.57 Å². The molecule has 1 saturated carbocycles. The molecule has 0 radical (unpaired) electrons. The molecule has 2 N–H and O–H groups in total. The smallest absolute Gasteiger partial charge is 0.332 e. The summed E-state index contributed by atoms with van der Waals surface area (Å²) in [5.74, 6) is -0.564. The maximum Gasteiger partial charge on any atom is 0.332 e. The van der Waals surface area contributed by atoms with Crippen LogP contribution < -0.4 is 10.6 Å². The van der Waals surface area contributed by atoms with E-state index in [0.29, 0.717) is 18.5 Å². The number of ether oxygens (including phenoxy) is 1. The van der Waals surface area contributed by atoms with Gasteiger partial charge < -0.3 is 20.2 Å².